The van der Waals surface area contributed by atoms with Gasteiger partial charge in [-0.05, 0) is 107 Å². The molecule has 4 aromatic carbocycles. The molecule has 4 saturated carbocycles. The molecule has 5 nitrogen and oxygen atoms in total. The zero-order valence-electron chi connectivity index (χ0n) is 38.6. The molecule has 5 aliphatic carbocycles. The van der Waals surface area contributed by atoms with E-state index >= 15 is 0 Å². The number of fused-ring (bicyclic) bond motifs is 5. The Morgan fingerprint density at radius 3 is 1.63 bits per heavy atom. The van der Waals surface area contributed by atoms with Gasteiger partial charge in [-0.2, -0.15) is 0 Å². The number of benzene rings is 4. The van der Waals surface area contributed by atoms with Crippen molar-refractivity contribution in [2.75, 3.05) is 0 Å². The topological polar surface area (TPSA) is 54.0 Å². The maximum Gasteiger partial charge on any atom is 0.133 e. The minimum absolute atomic E-state index is 0.0144. The van der Waals surface area contributed by atoms with Crippen molar-refractivity contribution in [2.45, 2.75) is 137 Å². The van der Waals surface area contributed by atoms with E-state index in [1.165, 1.54) is 22.3 Å². The molecule has 9 rings (SSSR count). The van der Waals surface area contributed by atoms with E-state index in [0.29, 0.717) is 67.7 Å². The fraction of sp³-hybridized carbons (Fsp3) is 0.534. The highest BCUT2D eigenvalue weighted by atomic mass is 16.5. The summed E-state index contributed by atoms with van der Waals surface area (Å²) in [6.45, 7) is 14.5. The molecule has 0 aromatic heterocycles. The minimum Gasteiger partial charge on any atom is -0.373 e. The number of hydrogen-bond donors (Lipinski definition) is 0. The van der Waals surface area contributed by atoms with Crippen LogP contribution in [0.4, 0.5) is 0 Å². The van der Waals surface area contributed by atoms with E-state index in [4.69, 9.17) is 18.9 Å². The van der Waals surface area contributed by atoms with Crippen molar-refractivity contribution in [1.82, 2.24) is 0 Å². The van der Waals surface area contributed by atoms with Gasteiger partial charge in [0.05, 0.1) is 50.8 Å². The van der Waals surface area contributed by atoms with Crippen molar-refractivity contribution in [1.29, 1.82) is 0 Å². The van der Waals surface area contributed by atoms with Crippen molar-refractivity contribution in [3.8, 4) is 0 Å². The molecule has 0 heterocycles. The lowest BCUT2D eigenvalue weighted by Crippen LogP contribution is -2.69. The van der Waals surface area contributed by atoms with E-state index in [0.717, 1.165) is 51.4 Å². The first-order valence-corrected chi connectivity index (χ1v) is 24.5. The van der Waals surface area contributed by atoms with Crippen LogP contribution in [0.15, 0.2) is 133 Å². The minimum atomic E-state index is -0.185. The van der Waals surface area contributed by atoms with Crippen LogP contribution in [0.2, 0.25) is 0 Å². The fourth-order valence-corrected chi connectivity index (χ4v) is 13.8. The Morgan fingerprint density at radius 2 is 1.08 bits per heavy atom. The van der Waals surface area contributed by atoms with E-state index in [1.807, 2.05) is 0 Å². The maximum absolute atomic E-state index is 13.3. The first-order chi connectivity index (χ1) is 30.6. The largest absolute Gasteiger partial charge is 0.373 e. The Labute approximate surface area is 378 Å². The second-order valence-corrected chi connectivity index (χ2v) is 21.0. The molecule has 334 valence electrons. The number of hydrogen-bond acceptors (Lipinski definition) is 5. The van der Waals surface area contributed by atoms with Gasteiger partial charge in [-0.1, -0.05) is 168 Å². The highest BCUT2D eigenvalue weighted by Crippen LogP contribution is 2.69. The molecule has 0 amide bonds. The summed E-state index contributed by atoms with van der Waals surface area (Å²) in [4.78, 5) is 13.3. The lowest BCUT2D eigenvalue weighted by atomic mass is 9.42. The summed E-state index contributed by atoms with van der Waals surface area (Å²) in [7, 11) is 0. The normalized spacial score (nSPS) is 34.4. The van der Waals surface area contributed by atoms with Crippen molar-refractivity contribution in [3.05, 3.63) is 155 Å². The summed E-state index contributed by atoms with van der Waals surface area (Å²) in [5.41, 5.74) is 6.22. The summed E-state index contributed by atoms with van der Waals surface area (Å²) >= 11 is 0. The number of ether oxygens (including phenoxy) is 4. The van der Waals surface area contributed by atoms with Gasteiger partial charge in [-0.25, -0.2) is 0 Å². The molecule has 0 aliphatic heterocycles. The van der Waals surface area contributed by atoms with E-state index in [-0.39, 0.29) is 47.1 Å². The van der Waals surface area contributed by atoms with Gasteiger partial charge >= 0.3 is 0 Å². The third-order valence-electron chi connectivity index (χ3n) is 17.3. The van der Waals surface area contributed by atoms with Crippen molar-refractivity contribution >= 4 is 5.78 Å². The summed E-state index contributed by atoms with van der Waals surface area (Å²) < 4.78 is 29.3. The zero-order chi connectivity index (χ0) is 43.6. The maximum atomic E-state index is 13.3. The van der Waals surface area contributed by atoms with Gasteiger partial charge in [-0.3, -0.25) is 4.79 Å². The van der Waals surface area contributed by atoms with Crippen LogP contribution in [0, 0.1) is 58.2 Å². The smallest absolute Gasteiger partial charge is 0.133 e. The molecule has 63 heavy (non-hydrogen) atoms. The summed E-state index contributed by atoms with van der Waals surface area (Å²) in [5, 5.41) is 0. The standard InChI is InChI=1S/C58H72O5/c1-39(2)45-30-46(32-47(59)31-45)40(3)49-26-27-50-54-51(28-29-57(49,50)4)58(5)52(55(62-37-43-22-14-8-15-23-43)56(54)63-38-44-24-16-9-17-25-44)33-48(60-35-41-18-10-6-11-19-41)34-53(58)61-36-42-20-12-7-13-21-42/h6-26,39-40,45-46,48,50-56H,27-38H2,1-5H3/t40-,45?,46?,48-,50?,51?,52?,53-,54?,55+,56+,57+,58+/m0/s1. The summed E-state index contributed by atoms with van der Waals surface area (Å²) in [5.74, 6) is 3.44. The average molecular weight is 849 g/mol. The quantitative estimate of drug-likeness (QED) is 0.112. The molecule has 4 fully saturated rings. The van der Waals surface area contributed by atoms with Crippen LogP contribution in [0.3, 0.4) is 0 Å². The Kier molecular flexibility index (Phi) is 13.6. The van der Waals surface area contributed by atoms with E-state index in [9.17, 15) is 4.79 Å². The highest BCUT2D eigenvalue weighted by molar-refractivity contribution is 5.79. The highest BCUT2D eigenvalue weighted by Gasteiger charge is 2.68. The molecular formula is C58H72O5. The predicted molar refractivity (Wildman–Crippen MR) is 251 cm³/mol. The molecule has 13 atom stereocenters. The second kappa shape index (κ2) is 19.3. The molecule has 0 N–H and O–H groups in total. The molecular weight excluding hydrogens is 777 g/mol. The molecule has 5 aliphatic rings. The lowest BCUT2D eigenvalue weighted by molar-refractivity contribution is -0.282. The van der Waals surface area contributed by atoms with E-state index in [1.54, 1.807) is 5.57 Å². The zero-order valence-corrected chi connectivity index (χ0v) is 38.6. The Balaban J connectivity index is 1.10. The molecule has 0 spiro atoms. The van der Waals surface area contributed by atoms with Crippen LogP contribution < -0.4 is 0 Å². The van der Waals surface area contributed by atoms with E-state index in [2.05, 4.69) is 162 Å². The summed E-state index contributed by atoms with van der Waals surface area (Å²) in [6.07, 6.45) is 10.0. The number of rotatable bonds is 15. The number of allylic oxidation sites excluding steroid dienone is 2. The first-order valence-electron chi connectivity index (χ1n) is 24.5. The molecule has 0 radical (unpaired) electrons. The third-order valence-corrected chi connectivity index (χ3v) is 17.3. The number of Topliss-reactive ketones (excluding diaryl/α,β-unsaturated/α-hetero) is 1. The van der Waals surface area contributed by atoms with Gasteiger partial charge < -0.3 is 18.9 Å². The van der Waals surface area contributed by atoms with Gasteiger partial charge in [-0.15, -0.1) is 0 Å². The van der Waals surface area contributed by atoms with Crippen LogP contribution >= 0.6 is 0 Å². The van der Waals surface area contributed by atoms with Crippen LogP contribution in [-0.2, 0) is 50.2 Å². The molecule has 0 saturated heterocycles. The predicted octanol–water partition coefficient (Wildman–Crippen LogP) is 13.0. The first kappa shape index (κ1) is 44.3. The molecule has 6 unspecified atom stereocenters. The Hall–Kier alpha value is -3.87. The third kappa shape index (κ3) is 9.19. The van der Waals surface area contributed by atoms with Gasteiger partial charge in [0.1, 0.15) is 5.78 Å². The van der Waals surface area contributed by atoms with Crippen LogP contribution in [0.1, 0.15) is 108 Å². The van der Waals surface area contributed by atoms with Crippen molar-refractivity contribution in [2.24, 2.45) is 58.2 Å². The second-order valence-electron chi connectivity index (χ2n) is 21.0. The number of carbonyl (C=O) groups excluding carboxylic acids is 1. The van der Waals surface area contributed by atoms with Crippen LogP contribution in [-0.4, -0.2) is 30.2 Å². The molecule has 4 aromatic rings. The number of ketones is 1. The Bertz CT molecular complexity index is 2120. The average Bonchev–Trinajstić information content (AvgIpc) is 3.67. The van der Waals surface area contributed by atoms with Gasteiger partial charge in [0.25, 0.3) is 0 Å². The van der Waals surface area contributed by atoms with Crippen LogP contribution in [0.25, 0.3) is 0 Å². The van der Waals surface area contributed by atoms with Gasteiger partial charge in [0.2, 0.25) is 0 Å². The van der Waals surface area contributed by atoms with E-state index < -0.39 is 0 Å². The lowest BCUT2D eigenvalue weighted by Gasteiger charge is -2.66. The fourth-order valence-electron chi connectivity index (χ4n) is 13.8. The van der Waals surface area contributed by atoms with Crippen LogP contribution in [0.5, 0.6) is 0 Å². The number of carbonyl (C=O) groups is 1. The SMILES string of the molecule is CC(C)C1CC(=O)CC([C@H](C)C2=CCC3C4C(CC[C@]23C)[C@]2(C)C(C[C@H](OCc3ccccc3)C[C@@H]2OCc2ccccc2)[C@@H](OCc2ccccc2)[C@@H]4OCc2ccccc2)C1. The summed E-state index contributed by atoms with van der Waals surface area (Å²) in [6, 6.07) is 42.8. The molecule has 5 heteroatoms. The monoisotopic (exact) mass is 849 g/mol. The molecule has 0 bridgehead atoms. The Morgan fingerprint density at radius 1 is 0.571 bits per heavy atom. The van der Waals surface area contributed by atoms with Crippen molar-refractivity contribution < 1.29 is 23.7 Å². The van der Waals surface area contributed by atoms with Crippen molar-refractivity contribution in [3.63, 3.8) is 0 Å². The van der Waals surface area contributed by atoms with Gasteiger partial charge in [0.15, 0.2) is 0 Å². The van der Waals surface area contributed by atoms with Gasteiger partial charge in [0, 0.05) is 24.7 Å².